The Kier molecular flexibility index (Phi) is 4.99. The van der Waals surface area contributed by atoms with Gasteiger partial charge < -0.3 is 15.2 Å². The predicted molar refractivity (Wildman–Crippen MR) is 77.7 cm³/mol. The fourth-order valence-electron chi connectivity index (χ4n) is 2.47. The van der Waals surface area contributed by atoms with Crippen molar-refractivity contribution < 1.29 is 19.0 Å². The van der Waals surface area contributed by atoms with Crippen LogP contribution in [0.5, 0.6) is 0 Å². The quantitative estimate of drug-likeness (QED) is 0.857. The van der Waals surface area contributed by atoms with Crippen molar-refractivity contribution in [2.45, 2.75) is 25.9 Å². The number of aromatic carboxylic acids is 1. The van der Waals surface area contributed by atoms with Crippen molar-refractivity contribution in [1.29, 1.82) is 0 Å². The van der Waals surface area contributed by atoms with Gasteiger partial charge in [-0.1, -0.05) is 6.92 Å². The summed E-state index contributed by atoms with van der Waals surface area (Å²) in [5.74, 6) is -1.37. The molecule has 1 aliphatic heterocycles. The molecular weight excluding hydrogens is 329 g/mol. The lowest BCUT2D eigenvalue weighted by Crippen LogP contribution is -2.23. The van der Waals surface area contributed by atoms with Crippen LogP contribution in [0.3, 0.4) is 0 Å². The number of nitrogens with one attached hydrogen (secondary N) is 1. The van der Waals surface area contributed by atoms with Crippen LogP contribution in [0.1, 0.15) is 30.1 Å². The lowest BCUT2D eigenvalue weighted by atomic mass is 9.99. The van der Waals surface area contributed by atoms with Gasteiger partial charge in [0.15, 0.2) is 5.82 Å². The highest BCUT2D eigenvalue weighted by atomic mass is 79.9. The first-order valence-corrected chi connectivity index (χ1v) is 7.40. The maximum atomic E-state index is 14.1. The number of rotatable bonds is 5. The van der Waals surface area contributed by atoms with E-state index in [1.807, 2.05) is 0 Å². The summed E-state index contributed by atoms with van der Waals surface area (Å²) < 4.78 is 19.6. The molecule has 1 aromatic carbocycles. The monoisotopic (exact) mass is 345 g/mol. The summed E-state index contributed by atoms with van der Waals surface area (Å²) in [6.07, 6.45) is 2.12. The number of carboxylic acid groups (broad SMARTS) is 1. The molecular formula is C14H17BrFNO3. The van der Waals surface area contributed by atoms with Crippen molar-refractivity contribution >= 4 is 27.6 Å². The molecule has 20 heavy (non-hydrogen) atoms. The predicted octanol–water partition coefficient (Wildman–Crippen LogP) is 3.51. The summed E-state index contributed by atoms with van der Waals surface area (Å²) in [5, 5.41) is 12.0. The fourth-order valence-corrected chi connectivity index (χ4v) is 2.99. The number of carbonyl (C=O) groups is 1. The minimum atomic E-state index is -1.16. The van der Waals surface area contributed by atoms with E-state index < -0.39 is 11.8 Å². The number of hydrogen-bond acceptors (Lipinski definition) is 3. The second-order valence-corrected chi connectivity index (χ2v) is 5.63. The maximum Gasteiger partial charge on any atom is 0.336 e. The Balaban J connectivity index is 2.07. The Morgan fingerprint density at radius 2 is 2.35 bits per heavy atom. The average molecular weight is 346 g/mol. The molecule has 0 aromatic heterocycles. The third kappa shape index (κ3) is 3.12. The molecule has 0 bridgehead atoms. The van der Waals surface area contributed by atoms with Gasteiger partial charge in [-0.3, -0.25) is 0 Å². The van der Waals surface area contributed by atoms with Crippen LogP contribution in [0.25, 0.3) is 0 Å². The van der Waals surface area contributed by atoms with Crippen LogP contribution in [0.4, 0.5) is 10.1 Å². The van der Waals surface area contributed by atoms with Crippen LogP contribution < -0.4 is 5.32 Å². The van der Waals surface area contributed by atoms with E-state index in [1.165, 1.54) is 12.1 Å². The first kappa shape index (κ1) is 15.3. The topological polar surface area (TPSA) is 58.6 Å². The number of anilines is 1. The molecule has 1 aromatic rings. The lowest BCUT2D eigenvalue weighted by molar-refractivity contribution is 0.0695. The van der Waals surface area contributed by atoms with Gasteiger partial charge in [0.2, 0.25) is 0 Å². The molecule has 1 heterocycles. The number of ether oxygens (including phenoxy) is 1. The van der Waals surface area contributed by atoms with Crippen molar-refractivity contribution in [2.24, 2.45) is 5.92 Å². The van der Waals surface area contributed by atoms with E-state index in [0.29, 0.717) is 18.2 Å². The summed E-state index contributed by atoms with van der Waals surface area (Å²) in [6.45, 7) is 3.44. The normalized spacial score (nSPS) is 21.9. The minimum absolute atomic E-state index is 0.0234. The number of hydrogen-bond donors (Lipinski definition) is 2. The van der Waals surface area contributed by atoms with Gasteiger partial charge in [0.25, 0.3) is 0 Å². The van der Waals surface area contributed by atoms with Crippen LogP contribution in [0.2, 0.25) is 0 Å². The first-order chi connectivity index (χ1) is 9.54. The van der Waals surface area contributed by atoms with Gasteiger partial charge in [-0.05, 0) is 40.9 Å². The van der Waals surface area contributed by atoms with Crippen LogP contribution >= 0.6 is 15.9 Å². The zero-order valence-corrected chi connectivity index (χ0v) is 12.7. The van der Waals surface area contributed by atoms with Gasteiger partial charge in [-0.2, -0.15) is 0 Å². The summed E-state index contributed by atoms with van der Waals surface area (Å²) in [6, 6.07) is 2.85. The van der Waals surface area contributed by atoms with E-state index in [1.54, 1.807) is 0 Å². The van der Waals surface area contributed by atoms with E-state index in [-0.39, 0.29) is 16.1 Å². The maximum absolute atomic E-state index is 14.1. The average Bonchev–Trinajstić information content (AvgIpc) is 2.87. The molecule has 2 atom stereocenters. The molecule has 4 nitrogen and oxygen atoms in total. The van der Waals surface area contributed by atoms with Crippen molar-refractivity contribution in [1.82, 2.24) is 0 Å². The Hall–Kier alpha value is -1.14. The molecule has 2 N–H and O–H groups in total. The minimum Gasteiger partial charge on any atom is -0.478 e. The lowest BCUT2D eigenvalue weighted by Gasteiger charge is -2.18. The molecule has 2 unspecified atom stereocenters. The SMILES string of the molecule is CCC1OCCC1CNc1ccc(C(=O)O)c(Br)c1F. The second kappa shape index (κ2) is 6.54. The van der Waals surface area contributed by atoms with Crippen molar-refractivity contribution in [3.8, 4) is 0 Å². The van der Waals surface area contributed by atoms with Crippen molar-refractivity contribution in [3.63, 3.8) is 0 Å². The van der Waals surface area contributed by atoms with Crippen LogP contribution in [0, 0.1) is 11.7 Å². The van der Waals surface area contributed by atoms with E-state index in [0.717, 1.165) is 19.4 Å². The standard InChI is InChI=1S/C14H17BrFNO3/c1-2-11-8(5-6-20-11)7-17-10-4-3-9(14(18)19)12(15)13(10)16/h3-4,8,11,17H,2,5-7H2,1H3,(H,18,19). The van der Waals surface area contributed by atoms with Gasteiger partial charge >= 0.3 is 5.97 Å². The van der Waals surface area contributed by atoms with Gasteiger partial charge in [0.05, 0.1) is 21.8 Å². The molecule has 0 amide bonds. The molecule has 1 fully saturated rings. The molecule has 0 spiro atoms. The van der Waals surface area contributed by atoms with Gasteiger partial charge in [-0.25, -0.2) is 9.18 Å². The van der Waals surface area contributed by atoms with Crippen molar-refractivity contribution in [3.05, 3.63) is 28.0 Å². The highest BCUT2D eigenvalue weighted by Crippen LogP contribution is 2.29. The zero-order chi connectivity index (χ0) is 14.7. The Bertz CT molecular complexity index is 509. The fraction of sp³-hybridized carbons (Fsp3) is 0.500. The molecule has 0 radical (unpaired) electrons. The van der Waals surface area contributed by atoms with Gasteiger partial charge in [0, 0.05) is 19.1 Å². The van der Waals surface area contributed by atoms with E-state index in [9.17, 15) is 9.18 Å². The smallest absolute Gasteiger partial charge is 0.336 e. The van der Waals surface area contributed by atoms with Crippen molar-refractivity contribution in [2.75, 3.05) is 18.5 Å². The third-order valence-electron chi connectivity index (χ3n) is 3.62. The molecule has 2 rings (SSSR count). The Morgan fingerprint density at radius 1 is 1.60 bits per heavy atom. The molecule has 1 saturated heterocycles. The Morgan fingerprint density at radius 3 is 3.00 bits per heavy atom. The molecule has 0 saturated carbocycles. The Labute approximate surface area is 125 Å². The highest BCUT2D eigenvalue weighted by Gasteiger charge is 2.26. The number of benzene rings is 1. The number of carboxylic acids is 1. The molecule has 110 valence electrons. The largest absolute Gasteiger partial charge is 0.478 e. The summed E-state index contributed by atoms with van der Waals surface area (Å²) in [5.41, 5.74) is 0.229. The van der Waals surface area contributed by atoms with E-state index in [2.05, 4.69) is 28.2 Å². The molecule has 0 aliphatic carbocycles. The summed E-state index contributed by atoms with van der Waals surface area (Å²) in [7, 11) is 0. The van der Waals surface area contributed by atoms with Crippen LogP contribution in [-0.2, 0) is 4.74 Å². The summed E-state index contributed by atoms with van der Waals surface area (Å²) in [4.78, 5) is 10.9. The van der Waals surface area contributed by atoms with E-state index in [4.69, 9.17) is 9.84 Å². The zero-order valence-electron chi connectivity index (χ0n) is 11.2. The molecule has 6 heteroatoms. The van der Waals surface area contributed by atoms with E-state index >= 15 is 0 Å². The highest BCUT2D eigenvalue weighted by molar-refractivity contribution is 9.10. The van der Waals surface area contributed by atoms with Crippen LogP contribution in [0.15, 0.2) is 16.6 Å². The van der Waals surface area contributed by atoms with Gasteiger partial charge in [0.1, 0.15) is 0 Å². The summed E-state index contributed by atoms with van der Waals surface area (Å²) >= 11 is 2.99. The van der Waals surface area contributed by atoms with Crippen LogP contribution in [-0.4, -0.2) is 30.3 Å². The van der Waals surface area contributed by atoms with Gasteiger partial charge in [-0.15, -0.1) is 0 Å². The number of halogens is 2. The first-order valence-electron chi connectivity index (χ1n) is 6.61. The second-order valence-electron chi connectivity index (χ2n) is 4.84. The third-order valence-corrected chi connectivity index (χ3v) is 4.39. The molecule has 1 aliphatic rings.